The van der Waals surface area contributed by atoms with E-state index >= 15 is 0 Å². The van der Waals surface area contributed by atoms with E-state index in [4.69, 9.17) is 13.6 Å². The van der Waals surface area contributed by atoms with Crippen molar-refractivity contribution in [2.75, 3.05) is 20.8 Å². The fourth-order valence-electron chi connectivity index (χ4n) is 1.63. The molecule has 0 amide bonds. The van der Waals surface area contributed by atoms with Gasteiger partial charge in [0, 0.05) is 19.8 Å². The van der Waals surface area contributed by atoms with Crippen LogP contribution in [0.1, 0.15) is 26.7 Å². The van der Waals surface area contributed by atoms with Crippen molar-refractivity contribution in [3.63, 3.8) is 0 Å². The molecule has 0 fully saturated rings. The summed E-state index contributed by atoms with van der Waals surface area (Å²) in [6.45, 7) is 7.68. The third-order valence-electron chi connectivity index (χ3n) is 2.66. The summed E-state index contributed by atoms with van der Waals surface area (Å²) in [5.41, 5.74) is 0.431. The summed E-state index contributed by atoms with van der Waals surface area (Å²) in [5, 5.41) is 0. The van der Waals surface area contributed by atoms with Crippen LogP contribution in [0.5, 0.6) is 0 Å². The van der Waals surface area contributed by atoms with Crippen LogP contribution in [0.4, 0.5) is 0 Å². The molecule has 0 saturated carbocycles. The molecule has 0 aliphatic heterocycles. The Morgan fingerprint density at radius 1 is 1.24 bits per heavy atom. The van der Waals surface area contributed by atoms with E-state index in [0.717, 1.165) is 24.9 Å². The number of esters is 1. The summed E-state index contributed by atoms with van der Waals surface area (Å²) >= 11 is 0. The third-order valence-corrected chi connectivity index (χ3v) is 6.52. The van der Waals surface area contributed by atoms with Gasteiger partial charge in [-0.2, -0.15) is 0 Å². The van der Waals surface area contributed by atoms with Gasteiger partial charge in [-0.05, 0) is 25.4 Å². The van der Waals surface area contributed by atoms with Crippen molar-refractivity contribution in [2.24, 2.45) is 0 Å². The number of rotatable bonds is 9. The predicted octanol–water partition coefficient (Wildman–Crippen LogP) is 2.64. The first kappa shape index (κ1) is 16.3. The second-order valence-corrected chi connectivity index (χ2v) is 7.73. The fraction of sp³-hybridized carbons (Fsp3) is 0.750. The topological polar surface area (TPSA) is 44.8 Å². The number of ether oxygens (including phenoxy) is 1. The second-order valence-electron chi connectivity index (χ2n) is 4.09. The molecule has 0 heterocycles. The Kier molecular flexibility index (Phi) is 8.12. The van der Waals surface area contributed by atoms with Crippen LogP contribution in [0, 0.1) is 0 Å². The molecule has 0 rings (SSSR count). The highest BCUT2D eigenvalue weighted by Crippen LogP contribution is 2.21. The lowest BCUT2D eigenvalue weighted by Gasteiger charge is -2.26. The maximum atomic E-state index is 11.2. The lowest BCUT2D eigenvalue weighted by Crippen LogP contribution is -2.39. The van der Waals surface area contributed by atoms with Crippen molar-refractivity contribution in [2.45, 2.75) is 38.8 Å². The van der Waals surface area contributed by atoms with E-state index in [1.54, 1.807) is 21.1 Å². The molecule has 0 unspecified atom stereocenters. The average molecular weight is 260 g/mol. The zero-order valence-electron chi connectivity index (χ0n) is 11.4. The minimum atomic E-state index is -2.06. The van der Waals surface area contributed by atoms with E-state index in [1.165, 1.54) is 0 Å². The van der Waals surface area contributed by atoms with Crippen molar-refractivity contribution in [1.82, 2.24) is 0 Å². The van der Waals surface area contributed by atoms with Crippen LogP contribution in [-0.2, 0) is 18.4 Å². The molecule has 0 aromatic carbocycles. The van der Waals surface area contributed by atoms with Crippen LogP contribution in [0.25, 0.3) is 0 Å². The lowest BCUT2D eigenvalue weighted by atomic mass is 10.4. The summed E-state index contributed by atoms with van der Waals surface area (Å²) in [7, 11) is 1.34. The molecule has 0 radical (unpaired) electrons. The van der Waals surface area contributed by atoms with Gasteiger partial charge in [0.05, 0.1) is 6.61 Å². The van der Waals surface area contributed by atoms with Crippen LogP contribution < -0.4 is 0 Å². The molecule has 0 saturated heterocycles. The van der Waals surface area contributed by atoms with Gasteiger partial charge in [-0.25, -0.2) is 4.79 Å². The van der Waals surface area contributed by atoms with Crippen molar-refractivity contribution in [3.05, 3.63) is 12.2 Å². The molecule has 0 aliphatic carbocycles. The van der Waals surface area contributed by atoms with Crippen molar-refractivity contribution < 1.29 is 18.4 Å². The summed E-state index contributed by atoms with van der Waals surface area (Å²) < 4.78 is 16.1. The first-order chi connectivity index (χ1) is 8.01. The van der Waals surface area contributed by atoms with Crippen molar-refractivity contribution in [1.29, 1.82) is 0 Å². The largest absolute Gasteiger partial charge is 0.462 e. The summed E-state index contributed by atoms with van der Waals surface area (Å²) in [4.78, 5) is 11.2. The van der Waals surface area contributed by atoms with Gasteiger partial charge in [0.15, 0.2) is 0 Å². The summed E-state index contributed by atoms with van der Waals surface area (Å²) in [6.07, 6.45) is 1.81. The minimum absolute atomic E-state index is 0.331. The molecule has 17 heavy (non-hydrogen) atoms. The monoisotopic (exact) mass is 260 g/mol. The lowest BCUT2D eigenvalue weighted by molar-refractivity contribution is -0.138. The van der Waals surface area contributed by atoms with Crippen LogP contribution >= 0.6 is 0 Å². The SMILES string of the molecule is C=C(C)C(=O)OCCC[Si](CCC)(OC)OC. The molecule has 5 heteroatoms. The first-order valence-electron chi connectivity index (χ1n) is 5.94. The Hall–Kier alpha value is -0.653. The van der Waals surface area contributed by atoms with Crippen molar-refractivity contribution >= 4 is 14.5 Å². The smallest absolute Gasteiger partial charge is 0.337 e. The molecule has 4 nitrogen and oxygen atoms in total. The van der Waals surface area contributed by atoms with Gasteiger partial charge in [-0.1, -0.05) is 19.9 Å². The zero-order chi connectivity index (χ0) is 13.3. The minimum Gasteiger partial charge on any atom is -0.462 e. The Morgan fingerprint density at radius 2 is 1.82 bits per heavy atom. The quantitative estimate of drug-likeness (QED) is 0.277. The highest BCUT2D eigenvalue weighted by atomic mass is 28.4. The molecule has 0 aliphatic rings. The summed E-state index contributed by atoms with van der Waals surface area (Å²) in [5.74, 6) is -0.331. The van der Waals surface area contributed by atoms with E-state index in [-0.39, 0.29) is 5.97 Å². The number of carbonyl (C=O) groups excluding carboxylic acids is 1. The standard InChI is InChI=1S/C12H24O4Si/c1-6-9-17(14-4,15-5)10-7-8-16-12(13)11(2)3/h2,6-10H2,1,3-5H3. The second kappa shape index (κ2) is 8.44. The van der Waals surface area contributed by atoms with Gasteiger partial charge in [0.25, 0.3) is 0 Å². The Balaban J connectivity index is 3.98. The summed E-state index contributed by atoms with van der Waals surface area (Å²) in [6, 6.07) is 1.81. The molecule has 0 atom stereocenters. The third kappa shape index (κ3) is 6.00. The molecule has 0 aromatic heterocycles. The van der Waals surface area contributed by atoms with Crippen molar-refractivity contribution in [3.8, 4) is 0 Å². The van der Waals surface area contributed by atoms with Crippen LogP contribution in [0.2, 0.25) is 12.1 Å². The van der Waals surface area contributed by atoms with Crippen LogP contribution in [0.15, 0.2) is 12.2 Å². The van der Waals surface area contributed by atoms with E-state index in [9.17, 15) is 4.79 Å². The maximum Gasteiger partial charge on any atom is 0.337 e. The van der Waals surface area contributed by atoms with E-state index in [1.807, 2.05) is 0 Å². The number of carbonyl (C=O) groups is 1. The van der Waals surface area contributed by atoms with E-state index < -0.39 is 8.56 Å². The molecule has 0 bridgehead atoms. The fourth-order valence-corrected chi connectivity index (χ4v) is 4.31. The Labute approximate surface area is 105 Å². The first-order valence-corrected chi connectivity index (χ1v) is 8.17. The average Bonchev–Trinajstić information content (AvgIpc) is 2.32. The van der Waals surface area contributed by atoms with Gasteiger partial charge < -0.3 is 13.6 Å². The molecular weight excluding hydrogens is 236 g/mol. The Bertz CT molecular complexity index is 249. The van der Waals surface area contributed by atoms with E-state index in [2.05, 4.69) is 13.5 Å². The van der Waals surface area contributed by atoms with Crippen LogP contribution in [0.3, 0.4) is 0 Å². The molecular formula is C12H24O4Si. The molecule has 0 N–H and O–H groups in total. The van der Waals surface area contributed by atoms with Crippen LogP contribution in [-0.4, -0.2) is 35.4 Å². The van der Waals surface area contributed by atoms with Gasteiger partial charge in [0.1, 0.15) is 0 Å². The van der Waals surface area contributed by atoms with Gasteiger partial charge >= 0.3 is 14.5 Å². The van der Waals surface area contributed by atoms with Gasteiger partial charge in [-0.15, -0.1) is 0 Å². The highest BCUT2D eigenvalue weighted by molar-refractivity contribution is 6.67. The zero-order valence-corrected chi connectivity index (χ0v) is 12.4. The van der Waals surface area contributed by atoms with E-state index in [0.29, 0.717) is 12.2 Å². The number of hydrogen-bond acceptors (Lipinski definition) is 4. The van der Waals surface area contributed by atoms with Gasteiger partial charge in [-0.3, -0.25) is 0 Å². The highest BCUT2D eigenvalue weighted by Gasteiger charge is 2.33. The van der Waals surface area contributed by atoms with Gasteiger partial charge in [0.2, 0.25) is 0 Å². The maximum absolute atomic E-state index is 11.2. The number of hydrogen-bond donors (Lipinski definition) is 0. The predicted molar refractivity (Wildman–Crippen MR) is 70.1 cm³/mol. The molecule has 0 aromatic rings. The molecule has 0 spiro atoms. The molecule has 100 valence electrons. The normalized spacial score (nSPS) is 11.3. The Morgan fingerprint density at radius 3 is 2.24 bits per heavy atom.